The minimum atomic E-state index is -2.90. The van der Waals surface area contributed by atoms with E-state index in [1.54, 1.807) is 42.5 Å². The van der Waals surface area contributed by atoms with Crippen molar-refractivity contribution in [3.63, 3.8) is 0 Å². The largest absolute Gasteiger partial charge is 0.491 e. The standard InChI is InChI=1S/C31H28ClF2N5O5/c32-24-7-2-1-6-23(24)28(29(42)37-20-16-31(33,34)17-20)38(21-4-3-5-22(15-21)44-13-12-40)30(43)25-8-9-27(41)39(25)26-14-19(18-35)10-11-36-26/h1-7,10-11,14-15,20,25,28,40H,8-9,12-13,16-17H2,(H,37,42)/t25-,28?/m0/s1. The van der Waals surface area contributed by atoms with E-state index in [4.69, 9.17) is 16.3 Å². The third-order valence-electron chi connectivity index (χ3n) is 7.45. The highest BCUT2D eigenvalue weighted by molar-refractivity contribution is 6.31. The molecule has 1 aromatic heterocycles. The molecule has 2 N–H and O–H groups in total. The molecule has 2 heterocycles. The number of nitrogens with zero attached hydrogens (tertiary/aromatic N) is 4. The van der Waals surface area contributed by atoms with Gasteiger partial charge in [0.05, 0.1) is 18.2 Å². The second-order valence-corrected chi connectivity index (χ2v) is 10.9. The number of amides is 3. The third-order valence-corrected chi connectivity index (χ3v) is 7.80. The van der Waals surface area contributed by atoms with Gasteiger partial charge >= 0.3 is 0 Å². The average molecular weight is 624 g/mol. The predicted molar refractivity (Wildman–Crippen MR) is 156 cm³/mol. The van der Waals surface area contributed by atoms with Crippen molar-refractivity contribution in [2.24, 2.45) is 0 Å². The molecule has 10 nitrogen and oxygen atoms in total. The molecule has 5 rings (SSSR count). The number of rotatable bonds is 10. The first-order valence-corrected chi connectivity index (χ1v) is 14.3. The predicted octanol–water partition coefficient (Wildman–Crippen LogP) is 4.16. The quantitative estimate of drug-likeness (QED) is 0.346. The van der Waals surface area contributed by atoms with Gasteiger partial charge in [-0.25, -0.2) is 13.8 Å². The van der Waals surface area contributed by atoms with Crippen molar-refractivity contribution in [3.05, 3.63) is 83.0 Å². The molecule has 2 aromatic carbocycles. The van der Waals surface area contributed by atoms with Crippen LogP contribution < -0.4 is 19.9 Å². The van der Waals surface area contributed by atoms with E-state index in [-0.39, 0.29) is 59.5 Å². The normalized spacial score (nSPS) is 18.2. The molecule has 0 bridgehead atoms. The molecule has 0 spiro atoms. The van der Waals surface area contributed by atoms with Crippen LogP contribution in [0.25, 0.3) is 0 Å². The summed E-state index contributed by atoms with van der Waals surface area (Å²) < 4.78 is 32.9. The summed E-state index contributed by atoms with van der Waals surface area (Å²) >= 11 is 6.57. The number of hydrogen-bond donors (Lipinski definition) is 2. The van der Waals surface area contributed by atoms with Crippen LogP contribution in [0.4, 0.5) is 20.3 Å². The van der Waals surface area contributed by atoms with Crippen molar-refractivity contribution in [1.29, 1.82) is 5.26 Å². The number of carbonyl (C=O) groups excluding carboxylic acids is 3. The fourth-order valence-corrected chi connectivity index (χ4v) is 5.65. The first-order chi connectivity index (χ1) is 21.1. The lowest BCUT2D eigenvalue weighted by atomic mass is 9.87. The third kappa shape index (κ3) is 6.49. The summed E-state index contributed by atoms with van der Waals surface area (Å²) in [5.41, 5.74) is 0.660. The van der Waals surface area contributed by atoms with Crippen LogP contribution in [0.5, 0.6) is 5.75 Å². The molecule has 13 heteroatoms. The zero-order valence-corrected chi connectivity index (χ0v) is 24.1. The van der Waals surface area contributed by atoms with Crippen LogP contribution >= 0.6 is 11.6 Å². The highest BCUT2D eigenvalue weighted by Crippen LogP contribution is 2.40. The van der Waals surface area contributed by atoms with Crippen LogP contribution in [-0.2, 0) is 14.4 Å². The molecule has 2 aliphatic rings. The average Bonchev–Trinajstić information content (AvgIpc) is 3.39. The molecule has 44 heavy (non-hydrogen) atoms. The second kappa shape index (κ2) is 13.0. The lowest BCUT2D eigenvalue weighted by Crippen LogP contribution is -2.56. The number of aliphatic hydroxyl groups is 1. The van der Waals surface area contributed by atoms with E-state index in [1.807, 2.05) is 6.07 Å². The number of pyridine rings is 1. The van der Waals surface area contributed by atoms with Gasteiger partial charge in [-0.3, -0.25) is 24.2 Å². The number of anilines is 2. The molecule has 2 atom stereocenters. The number of halogens is 3. The molecule has 1 aliphatic carbocycles. The fraction of sp³-hybridized carbons (Fsp3) is 0.323. The number of benzene rings is 2. The Balaban J connectivity index is 1.62. The van der Waals surface area contributed by atoms with E-state index in [1.165, 1.54) is 34.2 Å². The summed E-state index contributed by atoms with van der Waals surface area (Å²) in [7, 11) is 0. The SMILES string of the molecule is N#Cc1ccnc(N2C(=O)CC[C@H]2C(=O)N(c2cccc(OCCO)c2)C(C(=O)NC2CC(F)(F)C2)c2ccccc2Cl)c1. The van der Waals surface area contributed by atoms with Crippen molar-refractivity contribution in [3.8, 4) is 11.8 Å². The molecule has 3 aromatic rings. The second-order valence-electron chi connectivity index (χ2n) is 10.5. The van der Waals surface area contributed by atoms with E-state index >= 15 is 0 Å². The van der Waals surface area contributed by atoms with Crippen LogP contribution in [0.1, 0.15) is 42.9 Å². The van der Waals surface area contributed by atoms with Crippen LogP contribution in [0.3, 0.4) is 0 Å². The number of aromatic nitrogens is 1. The lowest BCUT2D eigenvalue weighted by molar-refractivity contribution is -0.133. The first kappa shape index (κ1) is 30.8. The van der Waals surface area contributed by atoms with Crippen LogP contribution in [0.2, 0.25) is 5.02 Å². The molecule has 1 saturated heterocycles. The maximum absolute atomic E-state index is 14.7. The number of ether oxygens (including phenoxy) is 1. The Morgan fingerprint density at radius 2 is 1.98 bits per heavy atom. The van der Waals surface area contributed by atoms with E-state index < -0.39 is 54.6 Å². The van der Waals surface area contributed by atoms with Crippen molar-refractivity contribution >= 4 is 40.8 Å². The molecule has 1 aliphatic heterocycles. The summed E-state index contributed by atoms with van der Waals surface area (Å²) in [6.45, 7) is -0.301. The van der Waals surface area contributed by atoms with Gasteiger partial charge < -0.3 is 15.2 Å². The van der Waals surface area contributed by atoms with Crippen molar-refractivity contribution < 1.29 is 33.0 Å². The van der Waals surface area contributed by atoms with Gasteiger partial charge in [-0.05, 0) is 36.8 Å². The van der Waals surface area contributed by atoms with Gasteiger partial charge in [0.15, 0.2) is 0 Å². The van der Waals surface area contributed by atoms with Crippen molar-refractivity contribution in [1.82, 2.24) is 10.3 Å². The van der Waals surface area contributed by atoms with Gasteiger partial charge in [0.2, 0.25) is 11.8 Å². The summed E-state index contributed by atoms with van der Waals surface area (Å²) in [6.07, 6.45) is 0.354. The smallest absolute Gasteiger partial charge is 0.252 e. The molecular weight excluding hydrogens is 596 g/mol. The minimum absolute atomic E-state index is 0.00245. The van der Waals surface area contributed by atoms with E-state index in [0.717, 1.165) is 0 Å². The fourth-order valence-electron chi connectivity index (χ4n) is 5.41. The van der Waals surface area contributed by atoms with Crippen molar-refractivity contribution in [2.75, 3.05) is 23.0 Å². The number of nitrogens with one attached hydrogen (secondary N) is 1. The number of hydrogen-bond acceptors (Lipinski definition) is 7. The molecule has 0 radical (unpaired) electrons. The minimum Gasteiger partial charge on any atom is -0.491 e. The molecular formula is C31H28ClF2N5O5. The highest BCUT2D eigenvalue weighted by atomic mass is 35.5. The summed E-state index contributed by atoms with van der Waals surface area (Å²) in [5, 5.41) is 21.4. The molecule has 1 unspecified atom stereocenters. The topological polar surface area (TPSA) is 136 Å². The van der Waals surface area contributed by atoms with Gasteiger partial charge in [-0.15, -0.1) is 0 Å². The lowest BCUT2D eigenvalue weighted by Gasteiger charge is -2.39. The van der Waals surface area contributed by atoms with E-state index in [9.17, 15) is 33.5 Å². The van der Waals surface area contributed by atoms with Crippen molar-refractivity contribution in [2.45, 2.75) is 49.7 Å². The Hall–Kier alpha value is -4.60. The molecule has 228 valence electrons. The van der Waals surface area contributed by atoms with E-state index in [2.05, 4.69) is 10.3 Å². The van der Waals surface area contributed by atoms with Crippen LogP contribution in [0, 0.1) is 11.3 Å². The Kier molecular flexibility index (Phi) is 9.08. The molecule has 2 fully saturated rings. The number of nitriles is 1. The van der Waals surface area contributed by atoms with Gasteiger partial charge in [-0.1, -0.05) is 35.9 Å². The highest BCUT2D eigenvalue weighted by Gasteiger charge is 2.48. The summed E-state index contributed by atoms with van der Waals surface area (Å²) in [5.74, 6) is -4.33. The zero-order chi connectivity index (χ0) is 31.4. The molecule has 3 amide bonds. The van der Waals surface area contributed by atoms with Gasteiger partial charge in [0, 0.05) is 53.8 Å². The number of carbonyl (C=O) groups is 3. The Bertz CT molecular complexity index is 1610. The Labute approximate surface area is 256 Å². The first-order valence-electron chi connectivity index (χ1n) is 13.9. The maximum atomic E-state index is 14.7. The van der Waals surface area contributed by atoms with Gasteiger partial charge in [0.25, 0.3) is 11.8 Å². The molecule has 1 saturated carbocycles. The maximum Gasteiger partial charge on any atom is 0.252 e. The van der Waals surface area contributed by atoms with Gasteiger partial charge in [0.1, 0.15) is 30.3 Å². The Morgan fingerprint density at radius 1 is 1.20 bits per heavy atom. The van der Waals surface area contributed by atoms with Gasteiger partial charge in [-0.2, -0.15) is 5.26 Å². The zero-order valence-electron chi connectivity index (χ0n) is 23.3. The summed E-state index contributed by atoms with van der Waals surface area (Å²) in [6, 6.07) is 14.1. The Morgan fingerprint density at radius 3 is 2.68 bits per heavy atom. The summed E-state index contributed by atoms with van der Waals surface area (Å²) in [4.78, 5) is 48.4. The van der Waals surface area contributed by atoms with Crippen LogP contribution in [0.15, 0.2) is 66.9 Å². The number of alkyl halides is 2. The monoisotopic (exact) mass is 623 g/mol. The number of aliphatic hydroxyl groups excluding tert-OH is 1. The van der Waals surface area contributed by atoms with Crippen LogP contribution in [-0.4, -0.2) is 59.0 Å². The van der Waals surface area contributed by atoms with E-state index in [0.29, 0.717) is 0 Å².